The highest BCUT2D eigenvalue weighted by Crippen LogP contribution is 2.39. The van der Waals surface area contributed by atoms with E-state index in [2.05, 4.69) is 39.8 Å². The maximum absolute atomic E-state index is 13.5. The van der Waals surface area contributed by atoms with Crippen LogP contribution in [0.5, 0.6) is 0 Å². The van der Waals surface area contributed by atoms with Gasteiger partial charge in [-0.25, -0.2) is 4.68 Å². The lowest BCUT2D eigenvalue weighted by atomic mass is 9.82. The summed E-state index contributed by atoms with van der Waals surface area (Å²) in [5.41, 5.74) is 3.73. The monoisotopic (exact) mass is 381 g/mol. The topological polar surface area (TPSA) is 47.4 Å². The summed E-state index contributed by atoms with van der Waals surface area (Å²) in [6, 6.07) is 8.24. The number of aryl methyl sites for hydroxylation is 1. The zero-order chi connectivity index (χ0) is 19.9. The van der Waals surface area contributed by atoms with Crippen LogP contribution in [0.15, 0.2) is 30.5 Å². The molecular weight excluding hydrogens is 350 g/mol. The molecule has 2 saturated heterocycles. The number of carbonyl (C=O) groups is 1. The fraction of sp³-hybridized carbons (Fsp3) is 0.565. The van der Waals surface area contributed by atoms with E-state index in [9.17, 15) is 4.79 Å². The molecule has 1 aromatic carbocycles. The Morgan fingerprint density at radius 1 is 1.18 bits per heavy atom. The van der Waals surface area contributed by atoms with E-state index >= 15 is 0 Å². The highest BCUT2D eigenvalue weighted by molar-refractivity contribution is 5.95. The van der Waals surface area contributed by atoms with E-state index in [1.165, 1.54) is 5.56 Å². The normalized spacial score (nSPS) is 22.8. The number of ether oxygens (including phenoxy) is 1. The van der Waals surface area contributed by atoms with E-state index in [0.717, 1.165) is 62.5 Å². The van der Waals surface area contributed by atoms with Crippen molar-refractivity contribution in [3.05, 3.63) is 47.3 Å². The third-order valence-electron chi connectivity index (χ3n) is 6.08. The van der Waals surface area contributed by atoms with Crippen molar-refractivity contribution >= 4 is 5.91 Å². The molecule has 0 aliphatic carbocycles. The molecule has 1 aromatic heterocycles. The van der Waals surface area contributed by atoms with Crippen molar-refractivity contribution in [2.24, 2.45) is 5.41 Å². The van der Waals surface area contributed by atoms with Crippen molar-refractivity contribution in [1.29, 1.82) is 0 Å². The number of benzene rings is 1. The van der Waals surface area contributed by atoms with Crippen LogP contribution in [0.2, 0.25) is 0 Å². The van der Waals surface area contributed by atoms with Crippen molar-refractivity contribution in [3.63, 3.8) is 0 Å². The lowest BCUT2D eigenvalue weighted by Gasteiger charge is -2.33. The molecule has 1 amide bonds. The highest BCUT2D eigenvalue weighted by atomic mass is 16.5. The summed E-state index contributed by atoms with van der Waals surface area (Å²) in [6.45, 7) is 11.7. The quantitative estimate of drug-likeness (QED) is 0.786. The molecule has 1 spiro atoms. The first-order valence-corrected chi connectivity index (χ1v) is 10.3. The van der Waals surface area contributed by atoms with E-state index in [-0.39, 0.29) is 16.7 Å². The Hall–Kier alpha value is -2.14. The molecule has 0 bridgehead atoms. The second-order valence-corrected chi connectivity index (χ2v) is 9.55. The van der Waals surface area contributed by atoms with E-state index in [0.29, 0.717) is 0 Å². The maximum atomic E-state index is 13.5. The summed E-state index contributed by atoms with van der Waals surface area (Å²) in [5.74, 6) is 0.103. The minimum absolute atomic E-state index is 0.103. The van der Waals surface area contributed by atoms with Gasteiger partial charge in [-0.05, 0) is 38.3 Å². The molecule has 2 fully saturated rings. The number of aromatic nitrogens is 2. The van der Waals surface area contributed by atoms with E-state index in [1.54, 1.807) is 0 Å². The van der Waals surface area contributed by atoms with Gasteiger partial charge >= 0.3 is 0 Å². The molecule has 0 radical (unpaired) electrons. The van der Waals surface area contributed by atoms with Crippen molar-refractivity contribution < 1.29 is 9.53 Å². The number of amides is 1. The number of likely N-dealkylation sites (tertiary alicyclic amines) is 1. The molecule has 2 aromatic rings. The van der Waals surface area contributed by atoms with Crippen LogP contribution in [0.3, 0.4) is 0 Å². The minimum atomic E-state index is -0.202. The first-order chi connectivity index (χ1) is 13.3. The Morgan fingerprint density at radius 3 is 2.57 bits per heavy atom. The molecule has 1 unspecified atom stereocenters. The highest BCUT2D eigenvalue weighted by Gasteiger charge is 2.42. The maximum Gasteiger partial charge on any atom is 0.257 e. The fourth-order valence-corrected chi connectivity index (χ4v) is 4.42. The van der Waals surface area contributed by atoms with Gasteiger partial charge in [-0.1, -0.05) is 38.5 Å². The molecule has 2 aliphatic heterocycles. The second-order valence-electron chi connectivity index (χ2n) is 9.55. The van der Waals surface area contributed by atoms with Crippen LogP contribution in [0, 0.1) is 12.3 Å². The number of nitrogens with zero attached hydrogens (tertiary/aromatic N) is 3. The third-order valence-corrected chi connectivity index (χ3v) is 6.08. The largest absolute Gasteiger partial charge is 0.381 e. The summed E-state index contributed by atoms with van der Waals surface area (Å²) >= 11 is 0. The summed E-state index contributed by atoms with van der Waals surface area (Å²) in [6.07, 6.45) is 5.21. The minimum Gasteiger partial charge on any atom is -0.381 e. The Morgan fingerprint density at radius 2 is 1.93 bits per heavy atom. The molecule has 28 heavy (non-hydrogen) atoms. The van der Waals surface area contributed by atoms with Gasteiger partial charge in [0.1, 0.15) is 0 Å². The van der Waals surface area contributed by atoms with E-state index in [1.807, 2.05) is 27.9 Å². The van der Waals surface area contributed by atoms with Gasteiger partial charge in [-0.2, -0.15) is 5.10 Å². The van der Waals surface area contributed by atoms with Gasteiger partial charge in [0.15, 0.2) is 0 Å². The predicted octanol–water partition coefficient (Wildman–Crippen LogP) is 4.12. The molecule has 5 nitrogen and oxygen atoms in total. The number of carbonyl (C=O) groups excluding carboxylic acids is 1. The van der Waals surface area contributed by atoms with Crippen LogP contribution in [0.1, 0.15) is 61.6 Å². The average molecular weight is 382 g/mol. The van der Waals surface area contributed by atoms with Crippen molar-refractivity contribution in [2.75, 3.05) is 26.3 Å². The Bertz CT molecular complexity index is 855. The van der Waals surface area contributed by atoms with Crippen molar-refractivity contribution in [1.82, 2.24) is 14.7 Å². The van der Waals surface area contributed by atoms with Crippen LogP contribution >= 0.6 is 0 Å². The lowest BCUT2D eigenvalue weighted by molar-refractivity contribution is -0.00161. The summed E-state index contributed by atoms with van der Waals surface area (Å²) in [7, 11) is 0. The molecule has 5 heteroatoms. The summed E-state index contributed by atoms with van der Waals surface area (Å²) < 4.78 is 7.59. The van der Waals surface area contributed by atoms with Gasteiger partial charge in [0.2, 0.25) is 0 Å². The van der Waals surface area contributed by atoms with Gasteiger partial charge in [-0.3, -0.25) is 4.79 Å². The van der Waals surface area contributed by atoms with Crippen LogP contribution in [-0.2, 0) is 10.2 Å². The molecular formula is C23H31N3O2. The molecule has 2 aliphatic rings. The number of hydrogen-bond donors (Lipinski definition) is 0. The van der Waals surface area contributed by atoms with E-state index < -0.39 is 0 Å². The molecule has 3 heterocycles. The standard InChI is InChI=1S/C23H31N3O2/c1-17-6-8-18(9-7-17)26-14-19(20(24-26)22(2,3)4)21(27)25-12-11-23(15-25)10-5-13-28-16-23/h6-9,14H,5,10-13,15-16H2,1-4H3. The molecule has 0 N–H and O–H groups in total. The fourth-order valence-electron chi connectivity index (χ4n) is 4.42. The van der Waals surface area contributed by atoms with Gasteiger partial charge in [0.25, 0.3) is 5.91 Å². The molecule has 0 saturated carbocycles. The van der Waals surface area contributed by atoms with Gasteiger partial charge in [0.05, 0.1) is 23.6 Å². The van der Waals surface area contributed by atoms with Crippen molar-refractivity contribution in [2.45, 2.75) is 52.4 Å². The number of hydrogen-bond acceptors (Lipinski definition) is 3. The van der Waals surface area contributed by atoms with Gasteiger partial charge in [-0.15, -0.1) is 0 Å². The summed E-state index contributed by atoms with van der Waals surface area (Å²) in [4.78, 5) is 15.5. The predicted molar refractivity (Wildman–Crippen MR) is 110 cm³/mol. The zero-order valence-electron chi connectivity index (χ0n) is 17.5. The zero-order valence-corrected chi connectivity index (χ0v) is 17.5. The van der Waals surface area contributed by atoms with E-state index in [4.69, 9.17) is 9.84 Å². The second kappa shape index (κ2) is 7.03. The smallest absolute Gasteiger partial charge is 0.257 e. The molecule has 1 atom stereocenters. The summed E-state index contributed by atoms with van der Waals surface area (Å²) in [5, 5.41) is 4.82. The Balaban J connectivity index is 1.64. The Labute approximate surface area is 167 Å². The lowest BCUT2D eigenvalue weighted by Crippen LogP contribution is -2.37. The first-order valence-electron chi connectivity index (χ1n) is 10.3. The van der Waals surface area contributed by atoms with Crippen LogP contribution in [-0.4, -0.2) is 46.9 Å². The third kappa shape index (κ3) is 3.60. The number of rotatable bonds is 2. The average Bonchev–Trinajstić information content (AvgIpc) is 3.28. The Kier molecular flexibility index (Phi) is 4.82. The van der Waals surface area contributed by atoms with Crippen LogP contribution in [0.4, 0.5) is 0 Å². The first kappa shape index (κ1) is 19.2. The van der Waals surface area contributed by atoms with Gasteiger partial charge in [0, 0.05) is 36.7 Å². The van der Waals surface area contributed by atoms with Gasteiger partial charge < -0.3 is 9.64 Å². The molecule has 150 valence electrons. The SMILES string of the molecule is Cc1ccc(-n2cc(C(=O)N3CCC4(CCCOC4)C3)c(C(C)(C)C)n2)cc1. The van der Waals surface area contributed by atoms with Crippen LogP contribution in [0.25, 0.3) is 5.69 Å². The molecule has 4 rings (SSSR count). The van der Waals surface area contributed by atoms with Crippen LogP contribution < -0.4 is 0 Å². The van der Waals surface area contributed by atoms with Crippen molar-refractivity contribution in [3.8, 4) is 5.69 Å².